The summed E-state index contributed by atoms with van der Waals surface area (Å²) in [4.78, 5) is 25.3. The number of carbonyl (C=O) groups is 1. The molecular formula is C55H107N2O6P. The minimum absolute atomic E-state index is 0.000175. The summed E-state index contributed by atoms with van der Waals surface area (Å²) in [5, 5.41) is 13.8. The van der Waals surface area contributed by atoms with E-state index < -0.39 is 20.0 Å². The number of nitrogens with zero attached hydrogens (tertiary/aromatic N) is 1. The number of phosphoric acid groups is 1. The maximum atomic E-state index is 12.9. The first-order chi connectivity index (χ1) is 31.0. The van der Waals surface area contributed by atoms with Gasteiger partial charge in [0.15, 0.2) is 0 Å². The number of quaternary nitrogens is 1. The van der Waals surface area contributed by atoms with Crippen molar-refractivity contribution < 1.29 is 32.9 Å². The van der Waals surface area contributed by atoms with Crippen molar-refractivity contribution in [3.63, 3.8) is 0 Å². The zero-order valence-electron chi connectivity index (χ0n) is 43.0. The lowest BCUT2D eigenvalue weighted by atomic mass is 10.0. The van der Waals surface area contributed by atoms with Gasteiger partial charge in [-0.15, -0.1) is 0 Å². The normalized spacial score (nSPS) is 14.3. The second-order valence-electron chi connectivity index (χ2n) is 19.9. The van der Waals surface area contributed by atoms with Gasteiger partial charge in [0.25, 0.3) is 7.82 Å². The van der Waals surface area contributed by atoms with Crippen LogP contribution < -0.4 is 10.2 Å². The Labute approximate surface area is 397 Å². The molecule has 0 spiro atoms. The summed E-state index contributed by atoms with van der Waals surface area (Å²) in [6, 6.07) is -0.882. The Bertz CT molecular complexity index is 1140. The topological polar surface area (TPSA) is 108 Å². The van der Waals surface area contributed by atoms with Gasteiger partial charge in [0.05, 0.1) is 39.9 Å². The van der Waals surface area contributed by atoms with Gasteiger partial charge in [-0.1, -0.05) is 237 Å². The average Bonchev–Trinajstić information content (AvgIpc) is 3.25. The Balaban J connectivity index is 3.91. The van der Waals surface area contributed by atoms with Crippen LogP contribution in [0.15, 0.2) is 36.5 Å². The van der Waals surface area contributed by atoms with Crippen LogP contribution in [0.3, 0.4) is 0 Å². The molecule has 0 aromatic heterocycles. The van der Waals surface area contributed by atoms with E-state index in [4.69, 9.17) is 9.05 Å². The van der Waals surface area contributed by atoms with Gasteiger partial charge in [0, 0.05) is 6.42 Å². The molecule has 0 fully saturated rings. The number of likely N-dealkylation sites (N-methyl/N-ethyl adjacent to an activating group) is 1. The van der Waals surface area contributed by atoms with Crippen molar-refractivity contribution in [3.05, 3.63) is 36.5 Å². The molecule has 0 heterocycles. The molecule has 0 aromatic carbocycles. The van der Waals surface area contributed by atoms with Crippen LogP contribution in [0.1, 0.15) is 258 Å². The number of hydrogen-bond acceptors (Lipinski definition) is 6. The number of aliphatic hydroxyl groups is 1. The van der Waals surface area contributed by atoms with E-state index in [2.05, 4.69) is 43.5 Å². The van der Waals surface area contributed by atoms with E-state index in [0.29, 0.717) is 17.4 Å². The summed E-state index contributed by atoms with van der Waals surface area (Å²) >= 11 is 0. The predicted molar refractivity (Wildman–Crippen MR) is 275 cm³/mol. The van der Waals surface area contributed by atoms with E-state index in [1.807, 2.05) is 27.2 Å². The molecule has 378 valence electrons. The Kier molecular flexibility index (Phi) is 45.9. The number of carbonyl (C=O) groups excluding carboxylic acids is 1. The van der Waals surface area contributed by atoms with Crippen molar-refractivity contribution in [2.75, 3.05) is 40.9 Å². The third kappa shape index (κ3) is 48.6. The molecule has 0 saturated heterocycles. The minimum Gasteiger partial charge on any atom is -0.756 e. The fourth-order valence-corrected chi connectivity index (χ4v) is 8.73. The van der Waals surface area contributed by atoms with Gasteiger partial charge in [-0.05, 0) is 51.4 Å². The number of allylic oxidation sites excluding steroid dienone is 5. The van der Waals surface area contributed by atoms with Crippen molar-refractivity contribution in [3.8, 4) is 0 Å². The highest BCUT2D eigenvalue weighted by Crippen LogP contribution is 2.38. The number of aliphatic hydroxyl groups excluding tert-OH is 1. The summed E-state index contributed by atoms with van der Waals surface area (Å²) in [5.41, 5.74) is 0. The quantitative estimate of drug-likeness (QED) is 0.0272. The maximum absolute atomic E-state index is 12.9. The molecule has 1 amide bonds. The summed E-state index contributed by atoms with van der Waals surface area (Å²) in [6.45, 7) is 4.62. The molecule has 0 bridgehead atoms. The third-order valence-electron chi connectivity index (χ3n) is 12.3. The number of nitrogens with one attached hydrogen (secondary N) is 1. The second kappa shape index (κ2) is 46.8. The van der Waals surface area contributed by atoms with Gasteiger partial charge in [-0.2, -0.15) is 0 Å². The molecule has 0 rings (SSSR count). The molecule has 0 aliphatic carbocycles. The summed E-state index contributed by atoms with van der Waals surface area (Å²) in [6.07, 6.45) is 59.6. The van der Waals surface area contributed by atoms with E-state index in [0.717, 1.165) is 44.9 Å². The van der Waals surface area contributed by atoms with Crippen molar-refractivity contribution in [2.24, 2.45) is 0 Å². The van der Waals surface area contributed by atoms with E-state index in [9.17, 15) is 19.4 Å². The van der Waals surface area contributed by atoms with Crippen LogP contribution in [0.2, 0.25) is 0 Å². The van der Waals surface area contributed by atoms with Gasteiger partial charge in [0.1, 0.15) is 13.2 Å². The molecule has 3 unspecified atom stereocenters. The van der Waals surface area contributed by atoms with Crippen LogP contribution in [0.25, 0.3) is 0 Å². The first-order valence-corrected chi connectivity index (χ1v) is 28.8. The zero-order valence-corrected chi connectivity index (χ0v) is 43.9. The zero-order chi connectivity index (χ0) is 47.1. The summed E-state index contributed by atoms with van der Waals surface area (Å²) in [7, 11) is 1.27. The van der Waals surface area contributed by atoms with Crippen LogP contribution in [0.5, 0.6) is 0 Å². The summed E-state index contributed by atoms with van der Waals surface area (Å²) < 4.78 is 23.2. The molecule has 64 heavy (non-hydrogen) atoms. The Morgan fingerprint density at radius 3 is 1.30 bits per heavy atom. The van der Waals surface area contributed by atoms with Crippen molar-refractivity contribution in [1.29, 1.82) is 0 Å². The number of unbranched alkanes of at least 4 members (excludes halogenated alkanes) is 33. The van der Waals surface area contributed by atoms with Gasteiger partial charge < -0.3 is 28.8 Å². The van der Waals surface area contributed by atoms with Crippen LogP contribution in [0, 0.1) is 0 Å². The fourth-order valence-electron chi connectivity index (χ4n) is 8.01. The predicted octanol–water partition coefficient (Wildman–Crippen LogP) is 15.6. The lowest BCUT2D eigenvalue weighted by molar-refractivity contribution is -0.870. The van der Waals surface area contributed by atoms with Crippen molar-refractivity contribution >= 4 is 13.7 Å². The highest BCUT2D eigenvalue weighted by molar-refractivity contribution is 7.45. The molecule has 8 nitrogen and oxygen atoms in total. The number of hydrogen-bond donors (Lipinski definition) is 2. The molecule has 2 N–H and O–H groups in total. The van der Waals surface area contributed by atoms with E-state index in [1.54, 1.807) is 6.08 Å². The van der Waals surface area contributed by atoms with Crippen LogP contribution in [0.4, 0.5) is 0 Å². The second-order valence-corrected chi connectivity index (χ2v) is 21.3. The molecular weight excluding hydrogens is 816 g/mol. The van der Waals surface area contributed by atoms with Crippen molar-refractivity contribution in [1.82, 2.24) is 5.32 Å². The van der Waals surface area contributed by atoms with Gasteiger partial charge in [-0.3, -0.25) is 9.36 Å². The Hall–Kier alpha value is -1.28. The van der Waals surface area contributed by atoms with Gasteiger partial charge in [0.2, 0.25) is 5.91 Å². The third-order valence-corrected chi connectivity index (χ3v) is 13.3. The SMILES string of the molecule is CCCCCCC/C=C\C/C=C\CCCCCCCCCCCCCCCCCCCCCCCC(=O)NC(COP(=O)([O-])OCC[N+](C)(C)C)C(O)/C=C/CCCCCCCCC. The Morgan fingerprint density at radius 2 is 0.906 bits per heavy atom. The first kappa shape index (κ1) is 62.7. The van der Waals surface area contributed by atoms with Crippen molar-refractivity contribution in [2.45, 2.75) is 270 Å². The smallest absolute Gasteiger partial charge is 0.268 e. The average molecular weight is 923 g/mol. The molecule has 0 aliphatic heterocycles. The molecule has 9 heteroatoms. The van der Waals surface area contributed by atoms with Gasteiger partial charge >= 0.3 is 0 Å². The number of rotatable bonds is 50. The summed E-state index contributed by atoms with van der Waals surface area (Å²) in [5.74, 6) is -0.197. The van der Waals surface area contributed by atoms with Crippen LogP contribution in [-0.2, 0) is 18.4 Å². The van der Waals surface area contributed by atoms with Crippen LogP contribution >= 0.6 is 7.82 Å². The molecule has 0 radical (unpaired) electrons. The standard InChI is InChI=1S/C55H107N2O6P/c1-6-8-10-12-14-16-17-18-19-20-21-22-23-24-25-26-27-28-29-30-31-32-33-34-35-36-37-38-39-41-43-45-47-49-55(59)56-53(52-63-64(60,61)62-51-50-57(3,4)5)54(58)48-46-44-42-40-15-13-11-9-7-2/h17-18,20-21,46,48,53-54,58H,6-16,19,22-45,47,49-52H2,1-5H3,(H-,56,59,60,61)/b18-17-,21-20-,48-46+. The minimum atomic E-state index is -4.58. The first-order valence-electron chi connectivity index (χ1n) is 27.4. The molecule has 0 aliphatic rings. The van der Waals surface area contributed by atoms with E-state index >= 15 is 0 Å². The Morgan fingerprint density at radius 1 is 0.547 bits per heavy atom. The van der Waals surface area contributed by atoms with Crippen LogP contribution in [-0.4, -0.2) is 68.5 Å². The molecule has 0 aromatic rings. The van der Waals surface area contributed by atoms with E-state index in [-0.39, 0.29) is 19.1 Å². The number of phosphoric ester groups is 1. The maximum Gasteiger partial charge on any atom is 0.268 e. The largest absolute Gasteiger partial charge is 0.756 e. The molecule has 0 saturated carbocycles. The molecule has 3 atom stereocenters. The fraction of sp³-hybridized carbons (Fsp3) is 0.873. The highest BCUT2D eigenvalue weighted by Gasteiger charge is 2.23. The lowest BCUT2D eigenvalue weighted by Crippen LogP contribution is -2.45. The monoisotopic (exact) mass is 923 g/mol. The van der Waals surface area contributed by atoms with E-state index in [1.165, 1.54) is 193 Å². The highest BCUT2D eigenvalue weighted by atomic mass is 31.2. The number of amides is 1. The van der Waals surface area contributed by atoms with Gasteiger partial charge in [-0.25, -0.2) is 0 Å². The lowest BCUT2D eigenvalue weighted by Gasteiger charge is -2.29.